The second-order valence-corrected chi connectivity index (χ2v) is 9.61. The zero-order chi connectivity index (χ0) is 24.7. The molecule has 0 fully saturated rings. The lowest BCUT2D eigenvalue weighted by molar-refractivity contribution is -0.0328. The molecule has 0 atom stereocenters. The van der Waals surface area contributed by atoms with Gasteiger partial charge in [0, 0.05) is 21.9 Å². The fourth-order valence-corrected chi connectivity index (χ4v) is 4.43. The summed E-state index contributed by atoms with van der Waals surface area (Å²) in [6.07, 6.45) is 0. The summed E-state index contributed by atoms with van der Waals surface area (Å²) in [6.45, 7) is 0. The van der Waals surface area contributed by atoms with E-state index in [0.717, 1.165) is 11.8 Å². The monoisotopic (exact) mass is 544 g/mol. The van der Waals surface area contributed by atoms with Gasteiger partial charge in [0.05, 0.1) is 17.2 Å². The SMILES string of the molecule is COc1cccc(C(=O)/N=C(/Nc2ccc(Cl)c(Cl)c2)SCc2cccc(SC(F)(F)F)c2)c1. The van der Waals surface area contributed by atoms with Crippen molar-refractivity contribution in [2.75, 3.05) is 12.4 Å². The third-order valence-electron chi connectivity index (χ3n) is 4.20. The number of carbonyl (C=O) groups is 1. The second kappa shape index (κ2) is 11.9. The Bertz CT molecular complexity index is 1210. The number of rotatable bonds is 6. The van der Waals surface area contributed by atoms with Gasteiger partial charge >= 0.3 is 5.51 Å². The summed E-state index contributed by atoms with van der Waals surface area (Å²) in [5, 5.41) is 3.95. The number of hydrogen-bond acceptors (Lipinski definition) is 4. The zero-order valence-corrected chi connectivity index (χ0v) is 20.7. The van der Waals surface area contributed by atoms with Crippen LogP contribution in [-0.2, 0) is 5.75 Å². The Labute approximate surface area is 212 Å². The molecule has 0 aromatic heterocycles. The third kappa shape index (κ3) is 8.16. The van der Waals surface area contributed by atoms with Crippen molar-refractivity contribution in [1.82, 2.24) is 0 Å². The number of carbonyl (C=O) groups excluding carboxylic acids is 1. The number of nitrogens with one attached hydrogen (secondary N) is 1. The van der Waals surface area contributed by atoms with Gasteiger partial charge < -0.3 is 10.1 Å². The second-order valence-electron chi connectivity index (χ2n) is 6.69. The number of halogens is 5. The molecule has 34 heavy (non-hydrogen) atoms. The Morgan fingerprint density at radius 2 is 1.79 bits per heavy atom. The Morgan fingerprint density at radius 3 is 2.50 bits per heavy atom. The van der Waals surface area contributed by atoms with Crippen molar-refractivity contribution in [3.63, 3.8) is 0 Å². The van der Waals surface area contributed by atoms with E-state index in [2.05, 4.69) is 10.3 Å². The highest BCUT2D eigenvalue weighted by Crippen LogP contribution is 2.37. The largest absolute Gasteiger partial charge is 0.497 e. The predicted octanol–water partition coefficient (Wildman–Crippen LogP) is 8.16. The first-order valence-electron chi connectivity index (χ1n) is 9.59. The normalized spacial score (nSPS) is 11.9. The van der Waals surface area contributed by atoms with Crippen molar-refractivity contribution in [1.29, 1.82) is 0 Å². The molecule has 4 nitrogen and oxygen atoms in total. The van der Waals surface area contributed by atoms with Crippen molar-refractivity contribution in [3.05, 3.63) is 87.9 Å². The van der Waals surface area contributed by atoms with E-state index >= 15 is 0 Å². The fourth-order valence-electron chi connectivity index (χ4n) is 2.69. The molecule has 3 aromatic carbocycles. The molecule has 0 spiro atoms. The van der Waals surface area contributed by atoms with Crippen LogP contribution in [0, 0.1) is 0 Å². The van der Waals surface area contributed by atoms with Crippen LogP contribution >= 0.6 is 46.7 Å². The molecule has 0 saturated heterocycles. The molecule has 0 aliphatic carbocycles. The molecule has 1 N–H and O–H groups in total. The van der Waals surface area contributed by atoms with Crippen molar-refractivity contribution in [3.8, 4) is 5.75 Å². The van der Waals surface area contributed by atoms with Gasteiger partial charge in [-0.2, -0.15) is 18.2 Å². The highest BCUT2D eigenvalue weighted by molar-refractivity contribution is 8.13. The summed E-state index contributed by atoms with van der Waals surface area (Å²) in [4.78, 5) is 17.0. The number of anilines is 1. The number of alkyl halides is 3. The molecule has 0 unspecified atom stereocenters. The summed E-state index contributed by atoms with van der Waals surface area (Å²) >= 11 is 13.0. The summed E-state index contributed by atoms with van der Waals surface area (Å²) in [5.41, 5.74) is -2.88. The third-order valence-corrected chi connectivity index (χ3v) is 6.60. The minimum Gasteiger partial charge on any atom is -0.497 e. The van der Waals surface area contributed by atoms with Crippen LogP contribution in [0.2, 0.25) is 10.0 Å². The van der Waals surface area contributed by atoms with Gasteiger partial charge in [-0.3, -0.25) is 4.79 Å². The first kappa shape index (κ1) is 26.3. The van der Waals surface area contributed by atoms with Crippen LogP contribution in [0.5, 0.6) is 5.75 Å². The van der Waals surface area contributed by atoms with Crippen LogP contribution in [0.4, 0.5) is 18.9 Å². The average molecular weight is 545 g/mol. The molecule has 3 aromatic rings. The number of ether oxygens (including phenoxy) is 1. The molecule has 3 rings (SSSR count). The lowest BCUT2D eigenvalue weighted by Gasteiger charge is -2.11. The predicted molar refractivity (Wildman–Crippen MR) is 134 cm³/mol. The lowest BCUT2D eigenvalue weighted by atomic mass is 10.2. The minimum atomic E-state index is -4.38. The van der Waals surface area contributed by atoms with E-state index in [4.69, 9.17) is 27.9 Å². The molecule has 0 aliphatic heterocycles. The van der Waals surface area contributed by atoms with E-state index in [9.17, 15) is 18.0 Å². The van der Waals surface area contributed by atoms with E-state index in [-0.39, 0.29) is 27.6 Å². The number of benzene rings is 3. The Hall–Kier alpha value is -2.33. The lowest BCUT2D eigenvalue weighted by Crippen LogP contribution is -2.11. The van der Waals surface area contributed by atoms with Crippen LogP contribution in [0.1, 0.15) is 15.9 Å². The highest BCUT2D eigenvalue weighted by Gasteiger charge is 2.29. The standard InChI is InChI=1S/C23H17Cl2F3N2O2S2/c1-32-17-6-3-5-15(11-17)21(31)30-22(29-16-8-9-19(24)20(25)12-16)33-13-14-4-2-7-18(10-14)34-23(26,27)28/h2-12H,13H2,1H3,(H,29,30,31). The molecule has 11 heteroatoms. The number of nitrogens with zero attached hydrogens (tertiary/aromatic N) is 1. The van der Waals surface area contributed by atoms with E-state index in [1.807, 2.05) is 0 Å². The van der Waals surface area contributed by atoms with Crippen LogP contribution < -0.4 is 10.1 Å². The molecule has 0 heterocycles. The maximum Gasteiger partial charge on any atom is 0.446 e. The highest BCUT2D eigenvalue weighted by atomic mass is 35.5. The van der Waals surface area contributed by atoms with Crippen molar-refractivity contribution >= 4 is 63.5 Å². The topological polar surface area (TPSA) is 50.7 Å². The molecular weight excluding hydrogens is 528 g/mol. The molecular formula is C23H17Cl2F3N2O2S2. The maximum absolute atomic E-state index is 12.8. The van der Waals surface area contributed by atoms with Crippen LogP contribution in [0.3, 0.4) is 0 Å². The number of amides is 1. The first-order chi connectivity index (χ1) is 16.1. The van der Waals surface area contributed by atoms with Gasteiger partial charge in [-0.25, -0.2) is 0 Å². The number of hydrogen-bond donors (Lipinski definition) is 1. The van der Waals surface area contributed by atoms with E-state index in [1.54, 1.807) is 54.6 Å². The van der Waals surface area contributed by atoms with Crippen LogP contribution in [-0.4, -0.2) is 23.7 Å². The Balaban J connectivity index is 1.84. The van der Waals surface area contributed by atoms with Gasteiger partial charge in [0.1, 0.15) is 5.75 Å². The van der Waals surface area contributed by atoms with Gasteiger partial charge in [0.25, 0.3) is 5.91 Å². The van der Waals surface area contributed by atoms with Crippen molar-refractivity contribution in [2.45, 2.75) is 16.2 Å². The zero-order valence-electron chi connectivity index (χ0n) is 17.5. The summed E-state index contributed by atoms with van der Waals surface area (Å²) in [7, 11) is 1.49. The number of aliphatic imine (C=N–C) groups is 1. The van der Waals surface area contributed by atoms with E-state index in [1.165, 1.54) is 19.2 Å². The average Bonchev–Trinajstić information content (AvgIpc) is 2.79. The van der Waals surface area contributed by atoms with E-state index in [0.29, 0.717) is 32.6 Å². The van der Waals surface area contributed by atoms with Crippen LogP contribution in [0.15, 0.2) is 76.6 Å². The minimum absolute atomic E-state index is 0.0778. The number of methoxy groups -OCH3 is 1. The summed E-state index contributed by atoms with van der Waals surface area (Å²) in [5.74, 6) is 0.257. The van der Waals surface area contributed by atoms with Gasteiger partial charge in [0.2, 0.25) is 0 Å². The first-order valence-corrected chi connectivity index (χ1v) is 12.2. The maximum atomic E-state index is 12.8. The van der Waals surface area contributed by atoms with Gasteiger partial charge in [-0.15, -0.1) is 0 Å². The molecule has 0 saturated carbocycles. The number of amidine groups is 1. The van der Waals surface area contributed by atoms with Crippen molar-refractivity contribution in [2.24, 2.45) is 4.99 Å². The summed E-state index contributed by atoms with van der Waals surface area (Å²) < 4.78 is 43.3. The smallest absolute Gasteiger partial charge is 0.446 e. The van der Waals surface area contributed by atoms with Crippen molar-refractivity contribution < 1.29 is 22.7 Å². The molecule has 0 bridgehead atoms. The van der Waals surface area contributed by atoms with Gasteiger partial charge in [-0.05, 0) is 65.9 Å². The summed E-state index contributed by atoms with van der Waals surface area (Å²) in [6, 6.07) is 17.5. The number of thioether (sulfide) groups is 2. The quantitative estimate of drug-likeness (QED) is 0.193. The van der Waals surface area contributed by atoms with Crippen LogP contribution in [0.25, 0.3) is 0 Å². The molecule has 0 radical (unpaired) electrons. The van der Waals surface area contributed by atoms with Gasteiger partial charge in [-0.1, -0.05) is 53.2 Å². The fraction of sp³-hybridized carbons (Fsp3) is 0.130. The Kier molecular flexibility index (Phi) is 9.18. The Morgan fingerprint density at radius 1 is 1.03 bits per heavy atom. The van der Waals surface area contributed by atoms with Gasteiger partial charge in [0.15, 0.2) is 5.17 Å². The molecule has 1 amide bonds. The van der Waals surface area contributed by atoms with E-state index < -0.39 is 11.4 Å². The molecule has 178 valence electrons. The molecule has 0 aliphatic rings.